The molecular formula is C16H24N2O4. The molecule has 1 unspecified atom stereocenters. The molecule has 1 aromatic carbocycles. The molecule has 0 bridgehead atoms. The molecule has 1 heterocycles. The second-order valence-corrected chi connectivity index (χ2v) is 5.77. The van der Waals surface area contributed by atoms with Crippen molar-refractivity contribution in [1.29, 1.82) is 0 Å². The Kier molecular flexibility index (Phi) is 5.49. The van der Waals surface area contributed by atoms with Gasteiger partial charge in [0.05, 0.1) is 0 Å². The van der Waals surface area contributed by atoms with Gasteiger partial charge in [-0.05, 0) is 45.1 Å². The molecular weight excluding hydrogens is 284 g/mol. The number of rotatable bonds is 6. The minimum absolute atomic E-state index is 0.0345. The van der Waals surface area contributed by atoms with Gasteiger partial charge in [-0.25, -0.2) is 4.79 Å². The van der Waals surface area contributed by atoms with Crippen LogP contribution in [0.25, 0.3) is 0 Å². The van der Waals surface area contributed by atoms with Gasteiger partial charge in [0.1, 0.15) is 6.61 Å². The Balaban J connectivity index is 1.85. The van der Waals surface area contributed by atoms with Crippen molar-refractivity contribution in [3.05, 3.63) is 23.8 Å². The van der Waals surface area contributed by atoms with Crippen molar-refractivity contribution in [1.82, 2.24) is 9.80 Å². The maximum atomic E-state index is 12.0. The van der Waals surface area contributed by atoms with Crippen LogP contribution >= 0.6 is 0 Å². The van der Waals surface area contributed by atoms with Crippen LogP contribution in [0.15, 0.2) is 18.2 Å². The maximum Gasteiger partial charge on any atom is 0.409 e. The highest BCUT2D eigenvalue weighted by Gasteiger charge is 2.19. The van der Waals surface area contributed by atoms with Crippen LogP contribution < -0.4 is 9.47 Å². The third-order valence-corrected chi connectivity index (χ3v) is 3.68. The topological polar surface area (TPSA) is 51.2 Å². The third-order valence-electron chi connectivity index (χ3n) is 3.68. The molecule has 1 aliphatic rings. The van der Waals surface area contributed by atoms with Crippen molar-refractivity contribution < 1.29 is 19.0 Å². The zero-order valence-electron chi connectivity index (χ0n) is 13.7. The Morgan fingerprint density at radius 2 is 2.00 bits per heavy atom. The smallest absolute Gasteiger partial charge is 0.409 e. The molecule has 0 aromatic heterocycles. The van der Waals surface area contributed by atoms with E-state index in [2.05, 4.69) is 0 Å². The molecule has 0 saturated carbocycles. The van der Waals surface area contributed by atoms with Crippen LogP contribution in [-0.2, 0) is 11.2 Å². The number of benzene rings is 1. The average Bonchev–Trinajstić information content (AvgIpc) is 2.93. The SMILES string of the molecule is CC(Cc1ccc2c(c1)OCO2)N(C)C(=O)OCCN(C)C. The summed E-state index contributed by atoms with van der Waals surface area (Å²) in [5, 5.41) is 0. The number of amides is 1. The number of likely N-dealkylation sites (N-methyl/N-ethyl adjacent to an activating group) is 2. The Bertz CT molecular complexity index is 519. The summed E-state index contributed by atoms with van der Waals surface area (Å²) in [7, 11) is 5.65. The summed E-state index contributed by atoms with van der Waals surface area (Å²) < 4.78 is 15.9. The Morgan fingerprint density at radius 3 is 2.73 bits per heavy atom. The average molecular weight is 308 g/mol. The van der Waals surface area contributed by atoms with E-state index in [1.807, 2.05) is 44.1 Å². The van der Waals surface area contributed by atoms with Crippen molar-refractivity contribution in [2.24, 2.45) is 0 Å². The highest BCUT2D eigenvalue weighted by molar-refractivity contribution is 5.67. The van der Waals surface area contributed by atoms with Gasteiger partial charge in [-0.3, -0.25) is 0 Å². The number of carbonyl (C=O) groups excluding carboxylic acids is 1. The molecule has 0 radical (unpaired) electrons. The van der Waals surface area contributed by atoms with Gasteiger partial charge < -0.3 is 24.0 Å². The molecule has 1 atom stereocenters. The zero-order valence-corrected chi connectivity index (χ0v) is 13.7. The van der Waals surface area contributed by atoms with E-state index in [1.54, 1.807) is 11.9 Å². The van der Waals surface area contributed by atoms with Gasteiger partial charge in [0.25, 0.3) is 0 Å². The van der Waals surface area contributed by atoms with Crippen molar-refractivity contribution in [3.8, 4) is 11.5 Å². The summed E-state index contributed by atoms with van der Waals surface area (Å²) >= 11 is 0. The minimum atomic E-state index is -0.296. The maximum absolute atomic E-state index is 12.0. The van der Waals surface area contributed by atoms with E-state index in [-0.39, 0.29) is 18.9 Å². The quantitative estimate of drug-likeness (QED) is 0.804. The molecule has 6 heteroatoms. The van der Waals surface area contributed by atoms with Crippen LogP contribution in [0.1, 0.15) is 12.5 Å². The normalized spacial score (nSPS) is 14.0. The molecule has 0 saturated heterocycles. The lowest BCUT2D eigenvalue weighted by atomic mass is 10.1. The van der Waals surface area contributed by atoms with Crippen LogP contribution in [0.5, 0.6) is 11.5 Å². The predicted molar refractivity (Wildman–Crippen MR) is 83.4 cm³/mol. The van der Waals surface area contributed by atoms with E-state index in [9.17, 15) is 4.79 Å². The van der Waals surface area contributed by atoms with E-state index in [1.165, 1.54) is 0 Å². The molecule has 22 heavy (non-hydrogen) atoms. The largest absolute Gasteiger partial charge is 0.454 e. The molecule has 122 valence electrons. The van der Waals surface area contributed by atoms with Gasteiger partial charge in [0.2, 0.25) is 6.79 Å². The van der Waals surface area contributed by atoms with Crippen LogP contribution in [0.4, 0.5) is 4.79 Å². The van der Waals surface area contributed by atoms with E-state index in [0.29, 0.717) is 6.61 Å². The number of hydrogen-bond donors (Lipinski definition) is 0. The van der Waals surface area contributed by atoms with E-state index in [4.69, 9.17) is 14.2 Å². The third kappa shape index (κ3) is 4.27. The molecule has 1 aliphatic heterocycles. The Morgan fingerprint density at radius 1 is 1.27 bits per heavy atom. The van der Waals surface area contributed by atoms with E-state index >= 15 is 0 Å². The summed E-state index contributed by atoms with van der Waals surface area (Å²) in [5.74, 6) is 1.54. The van der Waals surface area contributed by atoms with Crippen molar-refractivity contribution >= 4 is 6.09 Å². The highest BCUT2D eigenvalue weighted by atomic mass is 16.7. The summed E-state index contributed by atoms with van der Waals surface area (Å²) in [4.78, 5) is 15.6. The van der Waals surface area contributed by atoms with Crippen molar-refractivity contribution in [2.75, 3.05) is 41.1 Å². The van der Waals surface area contributed by atoms with Crippen LogP contribution in [0.3, 0.4) is 0 Å². The Hall–Kier alpha value is -1.95. The molecule has 0 spiro atoms. The van der Waals surface area contributed by atoms with Crippen LogP contribution in [-0.4, -0.2) is 63.0 Å². The first kappa shape index (κ1) is 16.4. The fourth-order valence-corrected chi connectivity index (χ4v) is 2.14. The number of carbonyl (C=O) groups is 1. The van der Waals surface area contributed by atoms with E-state index in [0.717, 1.165) is 30.0 Å². The lowest BCUT2D eigenvalue weighted by Gasteiger charge is -2.24. The van der Waals surface area contributed by atoms with Gasteiger partial charge in [0.15, 0.2) is 11.5 Å². The van der Waals surface area contributed by atoms with Gasteiger partial charge in [0, 0.05) is 19.6 Å². The number of fused-ring (bicyclic) bond motifs is 1. The molecule has 2 rings (SSSR count). The van der Waals surface area contributed by atoms with E-state index < -0.39 is 0 Å². The second kappa shape index (κ2) is 7.35. The Labute approximate surface area is 131 Å². The molecule has 1 amide bonds. The van der Waals surface area contributed by atoms with Gasteiger partial charge in [-0.1, -0.05) is 6.07 Å². The monoisotopic (exact) mass is 308 g/mol. The van der Waals surface area contributed by atoms with Crippen LogP contribution in [0.2, 0.25) is 0 Å². The fraction of sp³-hybridized carbons (Fsp3) is 0.562. The van der Waals surface area contributed by atoms with Gasteiger partial charge >= 0.3 is 6.09 Å². The summed E-state index contributed by atoms with van der Waals surface area (Å²) in [6.45, 7) is 3.38. The predicted octanol–water partition coefficient (Wildman–Crippen LogP) is 1.98. The first-order valence-corrected chi connectivity index (χ1v) is 7.40. The minimum Gasteiger partial charge on any atom is -0.454 e. The van der Waals surface area contributed by atoms with Gasteiger partial charge in [-0.15, -0.1) is 0 Å². The number of hydrogen-bond acceptors (Lipinski definition) is 5. The molecule has 6 nitrogen and oxygen atoms in total. The first-order valence-electron chi connectivity index (χ1n) is 7.40. The zero-order chi connectivity index (χ0) is 16.1. The number of nitrogens with zero attached hydrogens (tertiary/aromatic N) is 2. The lowest BCUT2D eigenvalue weighted by Crippen LogP contribution is -2.37. The summed E-state index contributed by atoms with van der Waals surface area (Å²) in [5.41, 5.74) is 1.10. The lowest BCUT2D eigenvalue weighted by molar-refractivity contribution is 0.0934. The standard InChI is InChI=1S/C16H24N2O4/c1-12(18(4)16(19)20-8-7-17(2)3)9-13-5-6-14-15(10-13)22-11-21-14/h5-6,10,12H,7-9,11H2,1-4H3. The molecule has 0 fully saturated rings. The van der Waals surface area contributed by atoms with Crippen molar-refractivity contribution in [2.45, 2.75) is 19.4 Å². The summed E-state index contributed by atoms with van der Waals surface area (Å²) in [6.07, 6.45) is 0.436. The van der Waals surface area contributed by atoms with Gasteiger partial charge in [-0.2, -0.15) is 0 Å². The number of ether oxygens (including phenoxy) is 3. The second-order valence-electron chi connectivity index (χ2n) is 5.77. The van der Waals surface area contributed by atoms with Crippen LogP contribution in [0, 0.1) is 0 Å². The van der Waals surface area contributed by atoms with Crippen molar-refractivity contribution in [3.63, 3.8) is 0 Å². The first-order chi connectivity index (χ1) is 10.5. The summed E-state index contributed by atoms with van der Waals surface area (Å²) in [6, 6.07) is 5.89. The molecule has 1 aromatic rings. The fourth-order valence-electron chi connectivity index (χ4n) is 2.14. The molecule has 0 aliphatic carbocycles. The highest BCUT2D eigenvalue weighted by Crippen LogP contribution is 2.32. The molecule has 0 N–H and O–H groups in total.